The van der Waals surface area contributed by atoms with Crippen molar-refractivity contribution in [3.63, 3.8) is 0 Å². The second-order valence-electron chi connectivity index (χ2n) is 0.204. The fraction of sp³-hybridized carbons (Fsp3) is 0. The molecule has 3 nitrogen and oxygen atoms in total. The number of hydrogen-bond acceptors (Lipinski definition) is 3. The Bertz CT molecular complexity index is 31.8. The van der Waals surface area contributed by atoms with E-state index in [1.165, 1.54) is 0 Å². The van der Waals surface area contributed by atoms with Crippen molar-refractivity contribution in [2.45, 2.75) is 0 Å². The van der Waals surface area contributed by atoms with Gasteiger partial charge in [0.15, 0.2) is 0 Å². The first-order valence-corrected chi connectivity index (χ1v) is 1.50. The van der Waals surface area contributed by atoms with Crippen LogP contribution in [-0.4, -0.2) is 13.3 Å². The molecule has 0 aromatic carbocycles. The van der Waals surface area contributed by atoms with Crippen molar-refractivity contribution in [1.82, 2.24) is 0 Å². The zero-order valence-corrected chi connectivity index (χ0v) is 7.39. The van der Waals surface area contributed by atoms with Crippen LogP contribution >= 0.6 is 0 Å². The minimum absolute atomic E-state index is 0. The molecule has 0 saturated heterocycles. The summed E-state index contributed by atoms with van der Waals surface area (Å²) in [6, 6.07) is 0. The summed E-state index contributed by atoms with van der Waals surface area (Å²) in [7, 11) is 0. The fourth-order valence-corrected chi connectivity index (χ4v) is 0. The molecule has 0 radical (unpaired) electrons. The monoisotopic (exact) mass is 474 g/mol. The van der Waals surface area contributed by atoms with E-state index in [1.54, 1.807) is 0 Å². The van der Waals surface area contributed by atoms with Crippen LogP contribution in [0.3, 0.4) is 0 Å². The quantitative estimate of drug-likeness (QED) is 0.334. The summed E-state index contributed by atoms with van der Waals surface area (Å²) in [5.74, 6) is 0. The molecule has 0 aliphatic rings. The third-order valence-electron chi connectivity index (χ3n) is 0. The Kier molecular flexibility index (Phi) is 25.4. The first-order chi connectivity index (χ1) is 1.73. The molecule has 6 heteroatoms. The van der Waals surface area contributed by atoms with E-state index in [9.17, 15) is 0 Å². The average molecular weight is 474 g/mol. The predicted molar refractivity (Wildman–Crippen MR) is 9.70 cm³/mol. The van der Waals surface area contributed by atoms with Gasteiger partial charge < -0.3 is 9.11 Å². The van der Waals surface area contributed by atoms with E-state index in [0.29, 0.717) is 0 Å². The molecule has 0 aromatic heterocycles. The van der Waals surface area contributed by atoms with Crippen LogP contribution in [0.1, 0.15) is 0 Å². The Morgan fingerprint density at radius 2 is 1.17 bits per heavy atom. The second-order valence-corrected chi connectivity index (χ2v) is 0.612. The van der Waals surface area contributed by atoms with Crippen molar-refractivity contribution < 1.29 is 58.1 Å². The van der Waals surface area contributed by atoms with Crippen LogP contribution in [0.15, 0.2) is 0 Å². The summed E-state index contributed by atoms with van der Waals surface area (Å²) in [4.78, 5) is 0. The van der Waals surface area contributed by atoms with Gasteiger partial charge >= 0.3 is 44.8 Å². The molecule has 0 bridgehead atoms. The molecular formula is Au2O3S. The van der Waals surface area contributed by atoms with Gasteiger partial charge in [-0.25, -0.2) is 0 Å². The van der Waals surface area contributed by atoms with E-state index >= 15 is 0 Å². The van der Waals surface area contributed by atoms with Crippen molar-refractivity contribution in [1.29, 1.82) is 0 Å². The molecular weight excluding hydrogens is 474 g/mol. The predicted octanol–water partition coefficient (Wildman–Crippen LogP) is -1.01. The van der Waals surface area contributed by atoms with Gasteiger partial charge in [-0.3, -0.25) is 4.21 Å². The molecule has 0 spiro atoms. The molecule has 0 fully saturated rings. The Balaban J connectivity index is -0.0000000450. The maximum atomic E-state index is 8.44. The maximum Gasteiger partial charge on any atom is 1.00 e. The molecule has 0 amide bonds. The van der Waals surface area contributed by atoms with E-state index in [1.807, 2.05) is 0 Å². The topological polar surface area (TPSA) is 63.2 Å². The van der Waals surface area contributed by atoms with Crippen LogP contribution in [0.5, 0.6) is 0 Å². The van der Waals surface area contributed by atoms with Crippen LogP contribution in [-0.2, 0) is 56.1 Å². The molecule has 0 aliphatic heterocycles. The Morgan fingerprint density at radius 3 is 1.17 bits per heavy atom. The van der Waals surface area contributed by atoms with Crippen molar-refractivity contribution in [3.05, 3.63) is 0 Å². The molecule has 0 aromatic rings. The van der Waals surface area contributed by atoms with E-state index in [0.717, 1.165) is 0 Å². The molecule has 0 N–H and O–H groups in total. The molecule has 6 heavy (non-hydrogen) atoms. The van der Waals surface area contributed by atoms with Crippen LogP contribution in [0, 0.1) is 0 Å². The summed E-state index contributed by atoms with van der Waals surface area (Å²) >= 11 is -3.11. The summed E-state index contributed by atoms with van der Waals surface area (Å²) in [6.07, 6.45) is 0. The van der Waals surface area contributed by atoms with Gasteiger partial charge in [0.1, 0.15) is 0 Å². The van der Waals surface area contributed by atoms with Crippen LogP contribution in [0.4, 0.5) is 0 Å². The summed E-state index contributed by atoms with van der Waals surface area (Å²) in [5.41, 5.74) is 0. The van der Waals surface area contributed by atoms with E-state index in [4.69, 9.17) is 13.3 Å². The van der Waals surface area contributed by atoms with Gasteiger partial charge in [0.05, 0.1) is 0 Å². The SMILES string of the molecule is O=S([O-])[O-].[Au+].[Au+]. The largest absolute Gasteiger partial charge is 1.00 e. The Hall–Kier alpha value is 1.55. The molecule has 0 aliphatic carbocycles. The first-order valence-electron chi connectivity index (χ1n) is 0.500. The fourth-order valence-electron chi connectivity index (χ4n) is 0. The molecule has 0 saturated carbocycles. The molecule has 0 heterocycles. The van der Waals surface area contributed by atoms with Gasteiger partial charge in [-0.15, -0.1) is 11.4 Å². The zero-order valence-electron chi connectivity index (χ0n) is 2.24. The Morgan fingerprint density at radius 1 is 1.17 bits per heavy atom. The van der Waals surface area contributed by atoms with Crippen molar-refractivity contribution in [2.75, 3.05) is 0 Å². The smallest absolute Gasteiger partial charge is 0.784 e. The third kappa shape index (κ3) is 47.8. The zero-order chi connectivity index (χ0) is 3.58. The number of rotatable bonds is 0. The second kappa shape index (κ2) is 9.75. The van der Waals surface area contributed by atoms with Crippen LogP contribution in [0.25, 0.3) is 0 Å². The summed E-state index contributed by atoms with van der Waals surface area (Å²) in [6.45, 7) is 0. The van der Waals surface area contributed by atoms with Crippen molar-refractivity contribution >= 4 is 11.4 Å². The molecule has 0 unspecified atom stereocenters. The minimum Gasteiger partial charge on any atom is -0.784 e. The van der Waals surface area contributed by atoms with Crippen LogP contribution < -0.4 is 0 Å². The average Bonchev–Trinajstić information content (AvgIpc) is 0.811. The van der Waals surface area contributed by atoms with Crippen LogP contribution in [0.2, 0.25) is 0 Å². The molecule has 46 valence electrons. The number of hydrogen-bond donors (Lipinski definition) is 0. The van der Waals surface area contributed by atoms with Gasteiger partial charge in [-0.2, -0.15) is 0 Å². The van der Waals surface area contributed by atoms with Gasteiger partial charge in [-0.05, 0) is 0 Å². The minimum atomic E-state index is -3.11. The maximum absolute atomic E-state index is 8.44. The third-order valence-corrected chi connectivity index (χ3v) is 0. The van der Waals surface area contributed by atoms with Gasteiger partial charge in [-0.1, -0.05) is 0 Å². The molecule has 0 atom stereocenters. The normalized spacial score (nSPS) is 5.83. The Labute approximate surface area is 69.0 Å². The standard InChI is InChI=1S/2Au.H2O3S/c;;1-4(2)3/h;;(H2,1,2,3)/q2*+1;/p-2. The first kappa shape index (κ1) is 15.6. The summed E-state index contributed by atoms with van der Waals surface area (Å²) < 4.78 is 25.3. The van der Waals surface area contributed by atoms with Gasteiger partial charge in [0.25, 0.3) is 0 Å². The van der Waals surface area contributed by atoms with Gasteiger partial charge in [0, 0.05) is 0 Å². The summed E-state index contributed by atoms with van der Waals surface area (Å²) in [5, 5.41) is 0. The van der Waals surface area contributed by atoms with Crippen molar-refractivity contribution in [3.8, 4) is 0 Å². The van der Waals surface area contributed by atoms with E-state index < -0.39 is 11.4 Å². The van der Waals surface area contributed by atoms with E-state index in [-0.39, 0.29) is 44.8 Å². The van der Waals surface area contributed by atoms with Crippen molar-refractivity contribution in [2.24, 2.45) is 0 Å². The van der Waals surface area contributed by atoms with Gasteiger partial charge in [0.2, 0.25) is 0 Å². The molecule has 0 rings (SSSR count). The van der Waals surface area contributed by atoms with E-state index in [2.05, 4.69) is 0 Å².